The molecule has 20 heavy (non-hydrogen) atoms. The van der Waals surface area contributed by atoms with Gasteiger partial charge in [-0.25, -0.2) is 9.59 Å². The zero-order chi connectivity index (χ0) is 14.7. The lowest BCUT2D eigenvalue weighted by atomic mass is 10.2. The molecule has 2 amide bonds. The van der Waals surface area contributed by atoms with Crippen LogP contribution in [0.25, 0.3) is 0 Å². The van der Waals surface area contributed by atoms with Gasteiger partial charge in [0.1, 0.15) is 6.04 Å². The summed E-state index contributed by atoms with van der Waals surface area (Å²) in [6.45, 7) is 2.84. The van der Waals surface area contributed by atoms with Crippen LogP contribution in [0, 0.1) is 0 Å². The molecule has 8 heteroatoms. The number of carbonyl (C=O) groups is 2. The van der Waals surface area contributed by atoms with Crippen LogP contribution in [-0.2, 0) is 9.53 Å². The van der Waals surface area contributed by atoms with Crippen molar-refractivity contribution < 1.29 is 24.5 Å². The molecule has 2 fully saturated rings. The number of morpholine rings is 1. The highest BCUT2D eigenvalue weighted by molar-refractivity contribution is 8.00. The molecule has 0 radical (unpaired) electrons. The van der Waals surface area contributed by atoms with E-state index >= 15 is 0 Å². The predicted octanol–water partition coefficient (Wildman–Crippen LogP) is 0.0376. The summed E-state index contributed by atoms with van der Waals surface area (Å²) in [6.07, 6.45) is 0.703. The Bertz CT molecular complexity index is 381. The quantitative estimate of drug-likeness (QED) is 0.765. The van der Waals surface area contributed by atoms with Crippen molar-refractivity contribution >= 4 is 23.8 Å². The summed E-state index contributed by atoms with van der Waals surface area (Å²) >= 11 is 1.49. The van der Waals surface area contributed by atoms with E-state index in [1.807, 2.05) is 6.92 Å². The minimum atomic E-state index is -0.976. The summed E-state index contributed by atoms with van der Waals surface area (Å²) < 4.78 is 5.25. The van der Waals surface area contributed by atoms with Crippen molar-refractivity contribution in [2.24, 2.45) is 0 Å². The standard InChI is InChI=1S/C12H20N2O5S/c1-2-10-14(9(7-20-10)11(16)17)12(18)13-3-4-19-6-8(13)5-15/h8-10,15H,2-7H2,1H3,(H,16,17). The zero-order valence-corrected chi connectivity index (χ0v) is 12.2. The van der Waals surface area contributed by atoms with Gasteiger partial charge in [0, 0.05) is 12.3 Å². The van der Waals surface area contributed by atoms with Gasteiger partial charge >= 0.3 is 12.0 Å². The van der Waals surface area contributed by atoms with Crippen LogP contribution < -0.4 is 0 Å². The molecule has 0 aliphatic carbocycles. The van der Waals surface area contributed by atoms with Crippen LogP contribution in [0.3, 0.4) is 0 Å². The van der Waals surface area contributed by atoms with Gasteiger partial charge in [0.2, 0.25) is 0 Å². The van der Waals surface area contributed by atoms with Crippen molar-refractivity contribution in [3.63, 3.8) is 0 Å². The van der Waals surface area contributed by atoms with Crippen molar-refractivity contribution in [2.75, 3.05) is 32.1 Å². The number of nitrogens with zero attached hydrogens (tertiary/aromatic N) is 2. The lowest BCUT2D eigenvalue weighted by Crippen LogP contribution is -2.58. The van der Waals surface area contributed by atoms with E-state index < -0.39 is 18.1 Å². The van der Waals surface area contributed by atoms with Gasteiger partial charge in [-0.2, -0.15) is 0 Å². The first-order valence-corrected chi connectivity index (χ1v) is 7.77. The molecule has 0 aromatic carbocycles. The van der Waals surface area contributed by atoms with Gasteiger partial charge in [-0.3, -0.25) is 4.90 Å². The highest BCUT2D eigenvalue weighted by Crippen LogP contribution is 2.32. The molecular weight excluding hydrogens is 284 g/mol. The van der Waals surface area contributed by atoms with Gasteiger partial charge in [0.25, 0.3) is 0 Å². The zero-order valence-electron chi connectivity index (χ0n) is 11.4. The van der Waals surface area contributed by atoms with E-state index in [1.165, 1.54) is 21.6 Å². The van der Waals surface area contributed by atoms with Gasteiger partial charge in [-0.15, -0.1) is 11.8 Å². The van der Waals surface area contributed by atoms with E-state index in [2.05, 4.69) is 0 Å². The summed E-state index contributed by atoms with van der Waals surface area (Å²) in [5.41, 5.74) is 0. The van der Waals surface area contributed by atoms with Crippen molar-refractivity contribution in [3.05, 3.63) is 0 Å². The fourth-order valence-corrected chi connectivity index (χ4v) is 3.87. The monoisotopic (exact) mass is 304 g/mol. The third-order valence-corrected chi connectivity index (χ3v) is 5.09. The second-order valence-electron chi connectivity index (χ2n) is 4.84. The largest absolute Gasteiger partial charge is 0.480 e. The third kappa shape index (κ3) is 2.87. The number of carboxylic acids is 1. The van der Waals surface area contributed by atoms with Crippen molar-refractivity contribution in [1.82, 2.24) is 9.80 Å². The lowest BCUT2D eigenvalue weighted by molar-refractivity contribution is -0.141. The van der Waals surface area contributed by atoms with E-state index in [1.54, 1.807) is 0 Å². The van der Waals surface area contributed by atoms with Crippen molar-refractivity contribution in [2.45, 2.75) is 30.8 Å². The smallest absolute Gasteiger partial charge is 0.327 e. The molecule has 0 aromatic rings. The number of amides is 2. The Labute approximate surface area is 121 Å². The Balaban J connectivity index is 2.17. The average Bonchev–Trinajstić information content (AvgIpc) is 2.90. The van der Waals surface area contributed by atoms with Gasteiger partial charge in [-0.1, -0.05) is 6.92 Å². The maximum Gasteiger partial charge on any atom is 0.327 e. The van der Waals surface area contributed by atoms with Crippen LogP contribution in [0.5, 0.6) is 0 Å². The molecule has 2 rings (SSSR count). The molecule has 2 heterocycles. The number of thioether (sulfide) groups is 1. The number of aliphatic hydroxyl groups is 1. The number of aliphatic carboxylic acids is 1. The minimum absolute atomic E-state index is 0.120. The van der Waals surface area contributed by atoms with E-state index in [-0.39, 0.29) is 24.6 Å². The van der Waals surface area contributed by atoms with Gasteiger partial charge in [0.05, 0.1) is 31.2 Å². The molecule has 3 atom stereocenters. The van der Waals surface area contributed by atoms with E-state index in [4.69, 9.17) is 4.74 Å². The third-order valence-electron chi connectivity index (χ3n) is 3.63. The molecule has 0 bridgehead atoms. The number of carboxylic acid groups (broad SMARTS) is 1. The van der Waals surface area contributed by atoms with Crippen LogP contribution in [-0.4, -0.2) is 81.6 Å². The van der Waals surface area contributed by atoms with E-state index in [9.17, 15) is 19.8 Å². The SMILES string of the molecule is CCC1SCC(C(=O)O)N1C(=O)N1CCOCC1CO. The Morgan fingerprint density at radius 3 is 2.80 bits per heavy atom. The summed E-state index contributed by atoms with van der Waals surface area (Å²) in [5.74, 6) is -0.566. The highest BCUT2D eigenvalue weighted by Gasteiger charge is 2.44. The molecular formula is C12H20N2O5S. The maximum absolute atomic E-state index is 12.7. The average molecular weight is 304 g/mol. The normalized spacial score (nSPS) is 30.6. The van der Waals surface area contributed by atoms with Crippen LogP contribution >= 0.6 is 11.8 Å². The first-order valence-electron chi connectivity index (χ1n) is 6.72. The van der Waals surface area contributed by atoms with E-state index in [0.717, 1.165) is 0 Å². The molecule has 2 N–H and O–H groups in total. The summed E-state index contributed by atoms with van der Waals surface area (Å²) in [5, 5.41) is 18.5. The number of aliphatic hydroxyl groups excluding tert-OH is 1. The lowest BCUT2D eigenvalue weighted by Gasteiger charge is -2.39. The molecule has 2 saturated heterocycles. The summed E-state index contributed by atoms with van der Waals surface area (Å²) in [7, 11) is 0. The molecule has 3 unspecified atom stereocenters. The molecule has 2 aliphatic heterocycles. The van der Waals surface area contributed by atoms with Gasteiger partial charge in [0.15, 0.2) is 0 Å². The number of rotatable bonds is 3. The fraction of sp³-hybridized carbons (Fsp3) is 0.833. The van der Waals surface area contributed by atoms with Gasteiger partial charge in [-0.05, 0) is 6.42 Å². The Morgan fingerprint density at radius 2 is 2.20 bits per heavy atom. The van der Waals surface area contributed by atoms with Gasteiger partial charge < -0.3 is 19.8 Å². The Morgan fingerprint density at radius 1 is 1.45 bits per heavy atom. The summed E-state index contributed by atoms with van der Waals surface area (Å²) in [6, 6.07) is -1.50. The minimum Gasteiger partial charge on any atom is -0.480 e. The molecule has 0 spiro atoms. The highest BCUT2D eigenvalue weighted by atomic mass is 32.2. The van der Waals surface area contributed by atoms with Crippen molar-refractivity contribution in [3.8, 4) is 0 Å². The topological polar surface area (TPSA) is 90.3 Å². The molecule has 0 aromatic heterocycles. The number of urea groups is 1. The first kappa shape index (κ1) is 15.4. The van der Waals surface area contributed by atoms with Crippen LogP contribution in [0.4, 0.5) is 4.79 Å². The molecule has 114 valence electrons. The molecule has 0 saturated carbocycles. The van der Waals surface area contributed by atoms with Crippen molar-refractivity contribution in [1.29, 1.82) is 0 Å². The number of carbonyl (C=O) groups excluding carboxylic acids is 1. The maximum atomic E-state index is 12.7. The van der Waals surface area contributed by atoms with Crippen LogP contribution in [0.15, 0.2) is 0 Å². The second-order valence-corrected chi connectivity index (χ2v) is 6.06. The second kappa shape index (κ2) is 6.64. The number of hydrogen-bond donors (Lipinski definition) is 2. The Hall–Kier alpha value is -0.990. The van der Waals surface area contributed by atoms with Crippen LogP contribution in [0.2, 0.25) is 0 Å². The van der Waals surface area contributed by atoms with Crippen LogP contribution in [0.1, 0.15) is 13.3 Å². The Kier molecular flexibility index (Phi) is 5.11. The molecule has 2 aliphatic rings. The fourth-order valence-electron chi connectivity index (χ4n) is 2.53. The van der Waals surface area contributed by atoms with E-state index in [0.29, 0.717) is 25.3 Å². The number of ether oxygens (including phenoxy) is 1. The number of hydrogen-bond acceptors (Lipinski definition) is 5. The summed E-state index contributed by atoms with van der Waals surface area (Å²) in [4.78, 5) is 27.0. The molecule has 7 nitrogen and oxygen atoms in total. The first-order chi connectivity index (χ1) is 9.60. The predicted molar refractivity (Wildman–Crippen MR) is 73.6 cm³/mol.